The molecule has 0 aliphatic carbocycles. The van der Waals surface area contributed by atoms with Crippen LogP contribution in [0, 0.1) is 11.7 Å². The Morgan fingerprint density at radius 2 is 1.85 bits per heavy atom. The first kappa shape index (κ1) is 18.3. The summed E-state index contributed by atoms with van der Waals surface area (Å²) in [7, 11) is 0. The van der Waals surface area contributed by atoms with Gasteiger partial charge in [-0.05, 0) is 73.8 Å². The van der Waals surface area contributed by atoms with Gasteiger partial charge >= 0.3 is 0 Å². The van der Waals surface area contributed by atoms with Crippen LogP contribution in [0.4, 0.5) is 4.39 Å². The number of aromatic nitrogens is 1. The molecule has 138 valence electrons. The van der Waals surface area contributed by atoms with Gasteiger partial charge in [-0.2, -0.15) is 0 Å². The third-order valence-corrected chi connectivity index (χ3v) is 4.63. The van der Waals surface area contributed by atoms with E-state index in [2.05, 4.69) is 15.2 Å². The Morgan fingerprint density at radius 1 is 1.15 bits per heavy atom. The molecule has 1 saturated heterocycles. The highest BCUT2D eigenvalue weighted by atomic mass is 19.1. The monoisotopic (exact) mass is 357 g/mol. The van der Waals surface area contributed by atoms with Gasteiger partial charge in [0.1, 0.15) is 11.6 Å². The summed E-state index contributed by atoms with van der Waals surface area (Å²) in [5, 5.41) is 2.93. The minimum atomic E-state index is -0.322. The lowest BCUT2D eigenvalue weighted by Crippen LogP contribution is -2.39. The Bertz CT molecular complexity index is 686. The number of ether oxygens (including phenoxy) is 1. The van der Waals surface area contributed by atoms with Crippen molar-refractivity contribution >= 4 is 5.91 Å². The summed E-state index contributed by atoms with van der Waals surface area (Å²) in [6.07, 6.45) is 5.80. The maximum atomic E-state index is 12.8. The number of nitrogens with zero attached hydrogens (tertiary/aromatic N) is 2. The van der Waals surface area contributed by atoms with Crippen LogP contribution in [-0.2, 0) is 11.3 Å². The fourth-order valence-corrected chi connectivity index (χ4v) is 3.08. The molecule has 1 fully saturated rings. The van der Waals surface area contributed by atoms with Gasteiger partial charge in [0.15, 0.2) is 6.61 Å². The van der Waals surface area contributed by atoms with Crippen molar-refractivity contribution in [3.63, 3.8) is 0 Å². The molecular formula is C20H24FN3O2. The van der Waals surface area contributed by atoms with E-state index < -0.39 is 0 Å². The smallest absolute Gasteiger partial charge is 0.257 e. The summed E-state index contributed by atoms with van der Waals surface area (Å²) in [4.78, 5) is 18.4. The third-order valence-electron chi connectivity index (χ3n) is 4.63. The van der Waals surface area contributed by atoms with Crippen molar-refractivity contribution in [3.05, 3.63) is 60.2 Å². The number of rotatable bonds is 7. The molecular weight excluding hydrogens is 333 g/mol. The number of halogens is 1. The van der Waals surface area contributed by atoms with E-state index in [-0.39, 0.29) is 18.3 Å². The van der Waals surface area contributed by atoms with Gasteiger partial charge < -0.3 is 10.1 Å². The molecule has 1 aliphatic rings. The number of carbonyl (C=O) groups excluding carboxylic acids is 1. The molecule has 0 spiro atoms. The van der Waals surface area contributed by atoms with Crippen LogP contribution in [0.3, 0.4) is 0 Å². The molecule has 2 aromatic rings. The molecule has 6 heteroatoms. The summed E-state index contributed by atoms with van der Waals surface area (Å²) in [5.74, 6) is 0.523. The number of amides is 1. The zero-order valence-corrected chi connectivity index (χ0v) is 14.7. The van der Waals surface area contributed by atoms with Crippen LogP contribution in [0.25, 0.3) is 0 Å². The number of hydrogen-bond donors (Lipinski definition) is 1. The quantitative estimate of drug-likeness (QED) is 0.828. The molecule has 3 rings (SSSR count). The Balaban J connectivity index is 1.32. The van der Waals surface area contributed by atoms with E-state index in [0.717, 1.165) is 32.5 Å². The highest BCUT2D eigenvalue weighted by molar-refractivity contribution is 5.77. The van der Waals surface area contributed by atoms with Gasteiger partial charge in [0.05, 0.1) is 0 Å². The predicted octanol–water partition coefficient (Wildman–Crippen LogP) is 2.63. The van der Waals surface area contributed by atoms with Crippen molar-refractivity contribution in [1.29, 1.82) is 0 Å². The molecule has 1 N–H and O–H groups in total. The van der Waals surface area contributed by atoms with Crippen LogP contribution < -0.4 is 10.1 Å². The molecule has 0 atom stereocenters. The standard InChI is InChI=1S/C20H24FN3O2/c21-18-1-3-19(4-2-18)26-15-20(25)23-13-16-7-11-24(12-8-16)14-17-5-9-22-10-6-17/h1-6,9-10,16H,7-8,11-15H2,(H,23,25). The topological polar surface area (TPSA) is 54.5 Å². The molecule has 1 aromatic heterocycles. The maximum absolute atomic E-state index is 12.8. The minimum absolute atomic E-state index is 0.0491. The fourth-order valence-electron chi connectivity index (χ4n) is 3.08. The lowest BCUT2D eigenvalue weighted by Gasteiger charge is -2.32. The van der Waals surface area contributed by atoms with Crippen LogP contribution in [0.2, 0.25) is 0 Å². The number of benzene rings is 1. The lowest BCUT2D eigenvalue weighted by atomic mass is 9.96. The first-order valence-electron chi connectivity index (χ1n) is 8.95. The van der Waals surface area contributed by atoms with E-state index in [1.54, 1.807) is 0 Å². The van der Waals surface area contributed by atoms with Crippen molar-refractivity contribution in [3.8, 4) is 5.75 Å². The normalized spacial score (nSPS) is 15.6. The van der Waals surface area contributed by atoms with Crippen LogP contribution in [0.5, 0.6) is 5.75 Å². The van der Waals surface area contributed by atoms with Crippen LogP contribution >= 0.6 is 0 Å². The minimum Gasteiger partial charge on any atom is -0.484 e. The highest BCUT2D eigenvalue weighted by Crippen LogP contribution is 2.18. The Labute approximate surface area is 153 Å². The fraction of sp³-hybridized carbons (Fsp3) is 0.400. The number of nitrogens with one attached hydrogen (secondary N) is 1. The second-order valence-electron chi connectivity index (χ2n) is 6.62. The Kier molecular flexibility index (Phi) is 6.55. The van der Waals surface area contributed by atoms with Gasteiger partial charge in [-0.25, -0.2) is 4.39 Å². The van der Waals surface area contributed by atoms with E-state index in [9.17, 15) is 9.18 Å². The lowest BCUT2D eigenvalue weighted by molar-refractivity contribution is -0.123. The van der Waals surface area contributed by atoms with Gasteiger partial charge in [0.2, 0.25) is 0 Å². The highest BCUT2D eigenvalue weighted by Gasteiger charge is 2.19. The first-order chi connectivity index (χ1) is 12.7. The number of carbonyl (C=O) groups is 1. The zero-order valence-electron chi connectivity index (χ0n) is 14.7. The molecule has 1 aromatic carbocycles. The number of piperidine rings is 1. The number of hydrogen-bond acceptors (Lipinski definition) is 4. The Hall–Kier alpha value is -2.47. The van der Waals surface area contributed by atoms with Crippen LogP contribution in [-0.4, -0.2) is 42.0 Å². The van der Waals surface area contributed by atoms with Crippen molar-refractivity contribution in [2.24, 2.45) is 5.92 Å². The van der Waals surface area contributed by atoms with E-state index in [0.29, 0.717) is 18.2 Å². The van der Waals surface area contributed by atoms with E-state index in [1.165, 1.54) is 29.8 Å². The molecule has 0 unspecified atom stereocenters. The summed E-state index contributed by atoms with van der Waals surface area (Å²) in [6, 6.07) is 9.75. The molecule has 0 saturated carbocycles. The summed E-state index contributed by atoms with van der Waals surface area (Å²) < 4.78 is 18.2. The summed E-state index contributed by atoms with van der Waals surface area (Å²) in [5.41, 5.74) is 1.28. The van der Waals surface area contributed by atoms with Crippen LogP contribution in [0.15, 0.2) is 48.8 Å². The van der Waals surface area contributed by atoms with Crippen LogP contribution in [0.1, 0.15) is 18.4 Å². The zero-order chi connectivity index (χ0) is 18.2. The third kappa shape index (κ3) is 5.81. The largest absolute Gasteiger partial charge is 0.484 e. The number of pyridine rings is 1. The molecule has 1 amide bonds. The predicted molar refractivity (Wildman–Crippen MR) is 97.1 cm³/mol. The second-order valence-corrected chi connectivity index (χ2v) is 6.62. The maximum Gasteiger partial charge on any atom is 0.257 e. The van der Waals surface area contributed by atoms with Crippen molar-refractivity contribution in [1.82, 2.24) is 15.2 Å². The molecule has 5 nitrogen and oxygen atoms in total. The number of likely N-dealkylation sites (tertiary alicyclic amines) is 1. The van der Waals surface area contributed by atoms with Gasteiger partial charge in [-0.1, -0.05) is 0 Å². The molecule has 1 aliphatic heterocycles. The average molecular weight is 357 g/mol. The van der Waals surface area contributed by atoms with Gasteiger partial charge in [0.25, 0.3) is 5.91 Å². The molecule has 26 heavy (non-hydrogen) atoms. The SMILES string of the molecule is O=C(COc1ccc(F)cc1)NCC1CCN(Cc2ccncc2)CC1. The van der Waals surface area contributed by atoms with E-state index >= 15 is 0 Å². The van der Waals surface area contributed by atoms with E-state index in [4.69, 9.17) is 4.74 Å². The molecule has 0 radical (unpaired) electrons. The van der Waals surface area contributed by atoms with Gasteiger partial charge in [-0.3, -0.25) is 14.7 Å². The van der Waals surface area contributed by atoms with E-state index in [1.807, 2.05) is 24.5 Å². The second kappa shape index (κ2) is 9.29. The summed E-state index contributed by atoms with van der Waals surface area (Å²) >= 11 is 0. The van der Waals surface area contributed by atoms with Crippen molar-refractivity contribution in [2.75, 3.05) is 26.2 Å². The Morgan fingerprint density at radius 3 is 2.54 bits per heavy atom. The summed E-state index contributed by atoms with van der Waals surface area (Å²) in [6.45, 7) is 3.65. The van der Waals surface area contributed by atoms with Gasteiger partial charge in [-0.15, -0.1) is 0 Å². The average Bonchev–Trinajstić information content (AvgIpc) is 2.68. The van der Waals surface area contributed by atoms with Gasteiger partial charge in [0, 0.05) is 25.5 Å². The van der Waals surface area contributed by atoms with Crippen molar-refractivity contribution < 1.29 is 13.9 Å². The molecule has 0 bridgehead atoms. The molecule has 2 heterocycles. The van der Waals surface area contributed by atoms with Crippen molar-refractivity contribution in [2.45, 2.75) is 19.4 Å². The first-order valence-corrected chi connectivity index (χ1v) is 8.95.